The Bertz CT molecular complexity index is 182. The fourth-order valence-electron chi connectivity index (χ4n) is 0.718. The van der Waals surface area contributed by atoms with Gasteiger partial charge < -0.3 is 10.1 Å². The van der Waals surface area contributed by atoms with Crippen molar-refractivity contribution in [3.05, 3.63) is 0 Å². The molecule has 0 aromatic heterocycles. The van der Waals surface area contributed by atoms with Gasteiger partial charge in [-0.3, -0.25) is 4.79 Å². The summed E-state index contributed by atoms with van der Waals surface area (Å²) < 4.78 is 5.20. The van der Waals surface area contributed by atoms with Crippen LogP contribution in [-0.4, -0.2) is 34.8 Å². The summed E-state index contributed by atoms with van der Waals surface area (Å²) in [6.07, 6.45) is 0.0833. The van der Waals surface area contributed by atoms with E-state index in [0.717, 1.165) is 0 Å². The summed E-state index contributed by atoms with van der Waals surface area (Å²) in [5.41, 5.74) is -0.253. The number of hydrogen-bond donors (Lipinski definition) is 1. The second-order valence-corrected chi connectivity index (χ2v) is 4.86. The third-order valence-corrected chi connectivity index (χ3v) is 4.05. The van der Waals surface area contributed by atoms with E-state index in [1.54, 1.807) is 0 Å². The van der Waals surface area contributed by atoms with Crippen LogP contribution in [0.5, 0.6) is 0 Å². The Morgan fingerprint density at radius 1 is 1.43 bits per heavy atom. The third-order valence-electron chi connectivity index (χ3n) is 1.58. The van der Waals surface area contributed by atoms with Gasteiger partial charge in [0.25, 0.3) is 0 Å². The molecule has 0 bridgehead atoms. The normalized spacial score (nSPS) is 11.9. The minimum atomic E-state index is -0.253. The van der Waals surface area contributed by atoms with Crippen LogP contribution in [0, 0.1) is 0 Å². The molecule has 0 aromatic carbocycles. The zero-order valence-electron chi connectivity index (χ0n) is 8.77. The van der Waals surface area contributed by atoms with Crippen LogP contribution in [0.1, 0.15) is 20.8 Å². The largest absolute Gasteiger partial charge is 0.369 e. The Balaban J connectivity index is 3.92. The van der Waals surface area contributed by atoms with E-state index in [2.05, 4.69) is 37.2 Å². The van der Waals surface area contributed by atoms with Crippen molar-refractivity contribution in [3.63, 3.8) is 0 Å². The molecule has 0 aliphatic heterocycles. The Hall–Kier alpha value is 0.390. The molecule has 14 heavy (non-hydrogen) atoms. The maximum atomic E-state index is 11.4. The zero-order chi connectivity index (χ0) is 11.2. The molecule has 0 saturated heterocycles. The fraction of sp³-hybridized carbons (Fsp3) is 0.889. The number of carbonyl (C=O) groups is 1. The summed E-state index contributed by atoms with van der Waals surface area (Å²) in [6.45, 7) is 5.89. The molecule has 1 amide bonds. The molecular weight excluding hydrogens is 314 g/mol. The number of nitrogens with one attached hydrogen (secondary N) is 1. The van der Waals surface area contributed by atoms with Crippen molar-refractivity contribution in [1.29, 1.82) is 0 Å². The number of rotatable bonds is 6. The number of halogens is 2. The monoisotopic (exact) mass is 329 g/mol. The SMILES string of the molecule is CC(C)OCC(=O)NC(C)(CBr)CBr. The molecule has 0 aromatic rings. The molecule has 0 saturated carbocycles. The van der Waals surface area contributed by atoms with Gasteiger partial charge in [-0.25, -0.2) is 0 Å². The first-order valence-electron chi connectivity index (χ1n) is 4.48. The number of alkyl halides is 2. The van der Waals surface area contributed by atoms with Crippen molar-refractivity contribution in [2.45, 2.75) is 32.4 Å². The highest BCUT2D eigenvalue weighted by molar-refractivity contribution is 9.09. The summed E-state index contributed by atoms with van der Waals surface area (Å²) in [7, 11) is 0. The van der Waals surface area contributed by atoms with Crippen molar-refractivity contribution in [3.8, 4) is 0 Å². The van der Waals surface area contributed by atoms with Gasteiger partial charge in [-0.05, 0) is 20.8 Å². The summed E-state index contributed by atoms with van der Waals surface area (Å²) in [5, 5.41) is 4.30. The van der Waals surface area contributed by atoms with Crippen molar-refractivity contribution in [1.82, 2.24) is 5.32 Å². The highest BCUT2D eigenvalue weighted by Gasteiger charge is 2.23. The summed E-state index contributed by atoms with van der Waals surface area (Å²) in [4.78, 5) is 11.4. The average molecular weight is 331 g/mol. The van der Waals surface area contributed by atoms with E-state index >= 15 is 0 Å². The zero-order valence-corrected chi connectivity index (χ0v) is 11.9. The van der Waals surface area contributed by atoms with Crippen LogP contribution < -0.4 is 5.32 Å². The van der Waals surface area contributed by atoms with E-state index < -0.39 is 0 Å². The number of hydrogen-bond acceptors (Lipinski definition) is 2. The van der Waals surface area contributed by atoms with E-state index in [-0.39, 0.29) is 24.2 Å². The molecular formula is C9H17Br2NO2. The maximum absolute atomic E-state index is 11.4. The van der Waals surface area contributed by atoms with Crippen LogP contribution in [0.15, 0.2) is 0 Å². The Morgan fingerprint density at radius 3 is 2.29 bits per heavy atom. The van der Waals surface area contributed by atoms with E-state index in [0.29, 0.717) is 10.7 Å². The highest BCUT2D eigenvalue weighted by atomic mass is 79.9. The van der Waals surface area contributed by atoms with Gasteiger partial charge in [0.15, 0.2) is 0 Å². The third kappa shape index (κ3) is 5.98. The predicted molar refractivity (Wildman–Crippen MR) is 65.2 cm³/mol. The molecule has 1 N–H and O–H groups in total. The number of amides is 1. The lowest BCUT2D eigenvalue weighted by atomic mass is 10.1. The van der Waals surface area contributed by atoms with Crippen molar-refractivity contribution >= 4 is 37.8 Å². The summed E-state index contributed by atoms with van der Waals surface area (Å²) in [5.74, 6) is -0.0832. The van der Waals surface area contributed by atoms with Gasteiger partial charge in [0.2, 0.25) is 5.91 Å². The second kappa shape index (κ2) is 6.80. The van der Waals surface area contributed by atoms with E-state index in [1.807, 2.05) is 20.8 Å². The van der Waals surface area contributed by atoms with Gasteiger partial charge >= 0.3 is 0 Å². The molecule has 0 atom stereocenters. The van der Waals surface area contributed by atoms with Crippen LogP contribution in [0.2, 0.25) is 0 Å². The van der Waals surface area contributed by atoms with Crippen LogP contribution in [0.3, 0.4) is 0 Å². The standard InChI is InChI=1S/C9H17Br2NO2/c1-7(2)14-4-8(13)12-9(3,5-10)6-11/h7H,4-6H2,1-3H3,(H,12,13). The molecule has 0 aliphatic rings. The lowest BCUT2D eigenvalue weighted by Gasteiger charge is -2.26. The van der Waals surface area contributed by atoms with Gasteiger partial charge in [0.1, 0.15) is 6.61 Å². The molecule has 0 radical (unpaired) electrons. The minimum Gasteiger partial charge on any atom is -0.369 e. The Kier molecular flexibility index (Phi) is 6.99. The lowest BCUT2D eigenvalue weighted by Crippen LogP contribution is -2.50. The maximum Gasteiger partial charge on any atom is 0.246 e. The van der Waals surface area contributed by atoms with Gasteiger partial charge in [0, 0.05) is 10.7 Å². The molecule has 0 rings (SSSR count). The molecule has 0 aliphatic carbocycles. The first-order valence-corrected chi connectivity index (χ1v) is 6.72. The van der Waals surface area contributed by atoms with Crippen molar-refractivity contribution < 1.29 is 9.53 Å². The quantitative estimate of drug-likeness (QED) is 0.757. The average Bonchev–Trinajstić information content (AvgIpc) is 2.14. The van der Waals surface area contributed by atoms with E-state index in [1.165, 1.54) is 0 Å². The van der Waals surface area contributed by atoms with Crippen molar-refractivity contribution in [2.24, 2.45) is 0 Å². The number of carbonyl (C=O) groups excluding carboxylic acids is 1. The van der Waals surface area contributed by atoms with Crippen LogP contribution in [0.4, 0.5) is 0 Å². The molecule has 0 spiro atoms. The van der Waals surface area contributed by atoms with Crippen LogP contribution >= 0.6 is 31.9 Å². The highest BCUT2D eigenvalue weighted by Crippen LogP contribution is 2.11. The lowest BCUT2D eigenvalue weighted by molar-refractivity contribution is -0.128. The van der Waals surface area contributed by atoms with Gasteiger partial charge in [-0.1, -0.05) is 31.9 Å². The molecule has 3 nitrogen and oxygen atoms in total. The first kappa shape index (κ1) is 14.4. The summed E-state index contributed by atoms with van der Waals surface area (Å²) in [6, 6.07) is 0. The van der Waals surface area contributed by atoms with Gasteiger partial charge in [-0.2, -0.15) is 0 Å². The van der Waals surface area contributed by atoms with E-state index in [4.69, 9.17) is 4.74 Å². The molecule has 0 fully saturated rings. The van der Waals surface area contributed by atoms with Crippen molar-refractivity contribution in [2.75, 3.05) is 17.3 Å². The smallest absolute Gasteiger partial charge is 0.246 e. The molecule has 5 heteroatoms. The van der Waals surface area contributed by atoms with Crippen LogP contribution in [0.25, 0.3) is 0 Å². The minimum absolute atomic E-state index is 0.0832. The predicted octanol–water partition coefficient (Wildman–Crippen LogP) is 2.08. The second-order valence-electron chi connectivity index (χ2n) is 3.74. The topological polar surface area (TPSA) is 38.3 Å². The summed E-state index contributed by atoms with van der Waals surface area (Å²) >= 11 is 6.71. The Labute approximate surface area is 102 Å². The molecule has 0 heterocycles. The number of ether oxygens (including phenoxy) is 1. The molecule has 0 unspecified atom stereocenters. The van der Waals surface area contributed by atoms with Crippen LogP contribution in [-0.2, 0) is 9.53 Å². The van der Waals surface area contributed by atoms with Gasteiger partial charge in [-0.15, -0.1) is 0 Å². The Morgan fingerprint density at radius 2 is 1.93 bits per heavy atom. The first-order chi connectivity index (χ1) is 6.43. The molecule has 84 valence electrons. The fourth-order valence-corrected chi connectivity index (χ4v) is 1.93. The van der Waals surface area contributed by atoms with E-state index in [9.17, 15) is 4.79 Å². The van der Waals surface area contributed by atoms with Gasteiger partial charge in [0.05, 0.1) is 11.6 Å².